The third kappa shape index (κ3) is 5.10. The zero-order valence-electron chi connectivity index (χ0n) is 13.8. The van der Waals surface area contributed by atoms with Crippen LogP contribution < -0.4 is 10.6 Å². The Labute approximate surface area is 143 Å². The van der Waals surface area contributed by atoms with Crippen LogP contribution in [0.4, 0.5) is 10.5 Å². The van der Waals surface area contributed by atoms with Gasteiger partial charge in [0.15, 0.2) is 0 Å². The fraction of sp³-hybridized carbons (Fsp3) is 0.350. The summed E-state index contributed by atoms with van der Waals surface area (Å²) >= 11 is 0. The van der Waals surface area contributed by atoms with Crippen molar-refractivity contribution in [1.82, 2.24) is 5.32 Å². The van der Waals surface area contributed by atoms with E-state index in [1.807, 2.05) is 42.5 Å². The van der Waals surface area contributed by atoms with E-state index in [0.29, 0.717) is 0 Å². The molecule has 0 atom stereocenters. The normalized spacial score (nSPS) is 15.0. The molecule has 1 heterocycles. The Bertz CT molecular complexity index is 634. The minimum absolute atomic E-state index is 0.278. The van der Waals surface area contributed by atoms with Crippen molar-refractivity contribution >= 4 is 11.8 Å². The van der Waals surface area contributed by atoms with Crippen LogP contribution in [0, 0.1) is 5.92 Å². The standard InChI is InChI=1S/C20H24N2O2/c23-20(24-15-18-4-2-1-3-5-18)22-19-8-6-16(7-9-19)14-17-10-12-21-13-11-17/h1-9,17,21H,10-15H2,(H,22,23). The molecule has 0 radical (unpaired) electrons. The monoisotopic (exact) mass is 324 g/mol. The third-order valence-electron chi connectivity index (χ3n) is 4.40. The summed E-state index contributed by atoms with van der Waals surface area (Å²) in [4.78, 5) is 11.8. The summed E-state index contributed by atoms with van der Waals surface area (Å²) in [6, 6.07) is 17.7. The van der Waals surface area contributed by atoms with Crippen LogP contribution in [-0.4, -0.2) is 19.2 Å². The molecule has 24 heavy (non-hydrogen) atoms. The highest BCUT2D eigenvalue weighted by molar-refractivity contribution is 5.84. The highest BCUT2D eigenvalue weighted by atomic mass is 16.5. The second-order valence-corrected chi connectivity index (χ2v) is 6.28. The summed E-state index contributed by atoms with van der Waals surface area (Å²) in [5.74, 6) is 0.765. The summed E-state index contributed by atoms with van der Waals surface area (Å²) < 4.78 is 5.23. The summed E-state index contributed by atoms with van der Waals surface area (Å²) in [5, 5.41) is 6.17. The molecule has 0 unspecified atom stereocenters. The average molecular weight is 324 g/mol. The summed E-state index contributed by atoms with van der Waals surface area (Å²) in [5.41, 5.74) is 3.07. The first-order valence-corrected chi connectivity index (χ1v) is 8.57. The smallest absolute Gasteiger partial charge is 0.411 e. The number of carbonyl (C=O) groups is 1. The van der Waals surface area contributed by atoms with E-state index >= 15 is 0 Å². The van der Waals surface area contributed by atoms with E-state index in [2.05, 4.69) is 22.8 Å². The number of nitrogens with one attached hydrogen (secondary N) is 2. The second-order valence-electron chi connectivity index (χ2n) is 6.28. The van der Waals surface area contributed by atoms with Gasteiger partial charge in [-0.3, -0.25) is 5.32 Å². The lowest BCUT2D eigenvalue weighted by atomic mass is 9.91. The van der Waals surface area contributed by atoms with Crippen LogP contribution in [0.25, 0.3) is 0 Å². The van der Waals surface area contributed by atoms with Gasteiger partial charge in [-0.1, -0.05) is 42.5 Å². The van der Waals surface area contributed by atoms with Crippen molar-refractivity contribution in [2.45, 2.75) is 25.9 Å². The minimum atomic E-state index is -0.426. The first-order valence-electron chi connectivity index (χ1n) is 8.57. The molecule has 1 saturated heterocycles. The van der Waals surface area contributed by atoms with Gasteiger partial charge in [-0.25, -0.2) is 4.79 Å². The molecule has 2 aromatic carbocycles. The van der Waals surface area contributed by atoms with Crippen molar-refractivity contribution in [3.63, 3.8) is 0 Å². The number of hydrogen-bond donors (Lipinski definition) is 2. The average Bonchev–Trinajstić information content (AvgIpc) is 2.63. The van der Waals surface area contributed by atoms with Gasteiger partial charge in [0.2, 0.25) is 0 Å². The number of benzene rings is 2. The molecule has 3 rings (SSSR count). The predicted octanol–water partition coefficient (Wildman–Crippen LogP) is 3.98. The van der Waals surface area contributed by atoms with Gasteiger partial charge in [-0.15, -0.1) is 0 Å². The number of carbonyl (C=O) groups excluding carboxylic acids is 1. The van der Waals surface area contributed by atoms with Crippen molar-refractivity contribution in [2.75, 3.05) is 18.4 Å². The third-order valence-corrected chi connectivity index (χ3v) is 4.40. The lowest BCUT2D eigenvalue weighted by molar-refractivity contribution is 0.155. The van der Waals surface area contributed by atoms with Gasteiger partial charge < -0.3 is 10.1 Å². The van der Waals surface area contributed by atoms with Crippen molar-refractivity contribution in [3.8, 4) is 0 Å². The van der Waals surface area contributed by atoms with Crippen LogP contribution in [0.5, 0.6) is 0 Å². The Morgan fingerprint density at radius 2 is 1.71 bits per heavy atom. The number of hydrogen-bond acceptors (Lipinski definition) is 3. The molecule has 126 valence electrons. The molecule has 1 aliphatic rings. The molecule has 4 nitrogen and oxygen atoms in total. The van der Waals surface area contributed by atoms with Crippen LogP contribution in [0.3, 0.4) is 0 Å². The fourth-order valence-electron chi connectivity index (χ4n) is 3.02. The summed E-state index contributed by atoms with van der Waals surface area (Å²) in [6.07, 6.45) is 3.17. The molecular weight excluding hydrogens is 300 g/mol. The molecule has 4 heteroatoms. The van der Waals surface area contributed by atoms with E-state index in [4.69, 9.17) is 4.74 Å². The largest absolute Gasteiger partial charge is 0.444 e. The molecular formula is C20H24N2O2. The van der Waals surface area contributed by atoms with Gasteiger partial charge in [0.05, 0.1) is 0 Å². The van der Waals surface area contributed by atoms with E-state index in [-0.39, 0.29) is 6.61 Å². The molecule has 0 aromatic heterocycles. The van der Waals surface area contributed by atoms with Gasteiger partial charge in [-0.05, 0) is 61.5 Å². The van der Waals surface area contributed by atoms with Gasteiger partial charge in [0.25, 0.3) is 0 Å². The molecule has 0 saturated carbocycles. The lowest BCUT2D eigenvalue weighted by Crippen LogP contribution is -2.28. The maximum Gasteiger partial charge on any atom is 0.411 e. The Morgan fingerprint density at radius 3 is 2.42 bits per heavy atom. The molecule has 0 bridgehead atoms. The maximum absolute atomic E-state index is 11.8. The van der Waals surface area contributed by atoms with Crippen LogP contribution in [0.1, 0.15) is 24.0 Å². The second kappa shape index (κ2) is 8.50. The lowest BCUT2D eigenvalue weighted by Gasteiger charge is -2.22. The van der Waals surface area contributed by atoms with E-state index in [0.717, 1.165) is 36.7 Å². The number of rotatable bonds is 5. The van der Waals surface area contributed by atoms with Crippen molar-refractivity contribution in [2.24, 2.45) is 5.92 Å². The number of amides is 1. The summed E-state index contributed by atoms with van der Waals surface area (Å²) in [6.45, 7) is 2.52. The van der Waals surface area contributed by atoms with Crippen LogP contribution >= 0.6 is 0 Å². The van der Waals surface area contributed by atoms with Crippen LogP contribution in [-0.2, 0) is 17.8 Å². The first-order chi connectivity index (χ1) is 11.8. The maximum atomic E-state index is 11.8. The zero-order valence-corrected chi connectivity index (χ0v) is 13.8. The van der Waals surface area contributed by atoms with E-state index in [1.54, 1.807) is 0 Å². The topological polar surface area (TPSA) is 50.4 Å². The molecule has 1 aliphatic heterocycles. The Morgan fingerprint density at radius 1 is 1.00 bits per heavy atom. The molecule has 2 N–H and O–H groups in total. The van der Waals surface area contributed by atoms with Crippen molar-refractivity contribution < 1.29 is 9.53 Å². The summed E-state index contributed by atoms with van der Waals surface area (Å²) in [7, 11) is 0. The molecule has 1 amide bonds. The fourth-order valence-corrected chi connectivity index (χ4v) is 3.02. The first kappa shape index (κ1) is 16.5. The SMILES string of the molecule is O=C(Nc1ccc(CC2CCNCC2)cc1)OCc1ccccc1. The van der Waals surface area contributed by atoms with Crippen molar-refractivity contribution in [1.29, 1.82) is 0 Å². The zero-order chi connectivity index (χ0) is 16.6. The number of piperidine rings is 1. The minimum Gasteiger partial charge on any atom is -0.444 e. The van der Waals surface area contributed by atoms with Gasteiger partial charge in [0, 0.05) is 5.69 Å². The Balaban J connectivity index is 1.45. The van der Waals surface area contributed by atoms with Crippen LogP contribution in [0.2, 0.25) is 0 Å². The Hall–Kier alpha value is -2.33. The van der Waals surface area contributed by atoms with Crippen LogP contribution in [0.15, 0.2) is 54.6 Å². The van der Waals surface area contributed by atoms with E-state index in [9.17, 15) is 4.79 Å². The van der Waals surface area contributed by atoms with E-state index in [1.165, 1.54) is 18.4 Å². The molecule has 1 fully saturated rings. The highest BCUT2D eigenvalue weighted by Crippen LogP contribution is 2.19. The van der Waals surface area contributed by atoms with Gasteiger partial charge in [-0.2, -0.15) is 0 Å². The quantitative estimate of drug-likeness (QED) is 0.875. The van der Waals surface area contributed by atoms with Crippen molar-refractivity contribution in [3.05, 3.63) is 65.7 Å². The van der Waals surface area contributed by atoms with Gasteiger partial charge in [0.1, 0.15) is 6.61 Å². The molecule has 0 aliphatic carbocycles. The number of ether oxygens (including phenoxy) is 1. The molecule has 2 aromatic rings. The van der Waals surface area contributed by atoms with E-state index < -0.39 is 6.09 Å². The number of anilines is 1. The van der Waals surface area contributed by atoms with Gasteiger partial charge >= 0.3 is 6.09 Å². The predicted molar refractivity (Wildman–Crippen MR) is 96.0 cm³/mol. The molecule has 0 spiro atoms. The Kier molecular flexibility index (Phi) is 5.85. The highest BCUT2D eigenvalue weighted by Gasteiger charge is 2.13.